The average Bonchev–Trinajstić information content (AvgIpc) is 2.71. The molecule has 1 N–H and O–H groups in total. The maximum Gasteiger partial charge on any atom is 0.151 e. The quantitative estimate of drug-likeness (QED) is 0.803. The van der Waals surface area contributed by atoms with Crippen LogP contribution in [0.3, 0.4) is 0 Å². The summed E-state index contributed by atoms with van der Waals surface area (Å²) < 4.78 is 22.9. The molecule has 5 nitrogen and oxygen atoms in total. The molecule has 0 aliphatic carbocycles. The van der Waals surface area contributed by atoms with Gasteiger partial charge in [0.05, 0.1) is 17.2 Å². The standard InChI is InChI=1S/C12H19N3O2S/c1-2-5-13-8-11-3-6-14-12(15-11)10-4-7-18(16,17)9-10/h3,6,10,13H,2,4-5,7-9H2,1H3. The predicted molar refractivity (Wildman–Crippen MR) is 70.0 cm³/mol. The number of nitrogens with one attached hydrogen (secondary N) is 1. The van der Waals surface area contributed by atoms with Crippen LogP contribution in [-0.2, 0) is 16.4 Å². The summed E-state index contributed by atoms with van der Waals surface area (Å²) in [5, 5.41) is 3.28. The summed E-state index contributed by atoms with van der Waals surface area (Å²) >= 11 is 0. The number of sulfone groups is 1. The number of aromatic nitrogens is 2. The van der Waals surface area contributed by atoms with Crippen molar-refractivity contribution in [3.63, 3.8) is 0 Å². The van der Waals surface area contributed by atoms with Crippen LogP contribution in [0.25, 0.3) is 0 Å². The third kappa shape index (κ3) is 3.49. The van der Waals surface area contributed by atoms with E-state index < -0.39 is 9.84 Å². The van der Waals surface area contributed by atoms with Gasteiger partial charge in [-0.15, -0.1) is 0 Å². The summed E-state index contributed by atoms with van der Waals surface area (Å²) in [6.07, 6.45) is 3.45. The Morgan fingerprint density at radius 1 is 1.50 bits per heavy atom. The van der Waals surface area contributed by atoms with Crippen molar-refractivity contribution in [1.29, 1.82) is 0 Å². The molecule has 18 heavy (non-hydrogen) atoms. The van der Waals surface area contributed by atoms with E-state index >= 15 is 0 Å². The zero-order chi connectivity index (χ0) is 13.0. The first kappa shape index (κ1) is 13.4. The Bertz CT molecular complexity index is 502. The highest BCUT2D eigenvalue weighted by molar-refractivity contribution is 7.91. The molecule has 0 saturated carbocycles. The Morgan fingerprint density at radius 3 is 3.00 bits per heavy atom. The second-order valence-corrected chi connectivity index (χ2v) is 6.91. The van der Waals surface area contributed by atoms with Crippen LogP contribution in [0.2, 0.25) is 0 Å². The van der Waals surface area contributed by atoms with Gasteiger partial charge in [0.25, 0.3) is 0 Å². The van der Waals surface area contributed by atoms with Crippen molar-refractivity contribution in [2.24, 2.45) is 0 Å². The van der Waals surface area contributed by atoms with E-state index in [2.05, 4.69) is 22.2 Å². The molecule has 2 rings (SSSR count). The van der Waals surface area contributed by atoms with E-state index in [9.17, 15) is 8.42 Å². The lowest BCUT2D eigenvalue weighted by atomic mass is 10.1. The number of hydrogen-bond donors (Lipinski definition) is 1. The van der Waals surface area contributed by atoms with E-state index in [-0.39, 0.29) is 17.4 Å². The molecule has 1 aromatic heterocycles. The van der Waals surface area contributed by atoms with Crippen LogP contribution in [-0.4, -0.2) is 36.4 Å². The third-order valence-electron chi connectivity index (χ3n) is 3.06. The van der Waals surface area contributed by atoms with Gasteiger partial charge in [-0.05, 0) is 25.5 Å². The zero-order valence-electron chi connectivity index (χ0n) is 10.6. The molecule has 1 aliphatic heterocycles. The monoisotopic (exact) mass is 269 g/mol. The summed E-state index contributed by atoms with van der Waals surface area (Å²) in [5.41, 5.74) is 0.928. The van der Waals surface area contributed by atoms with Crippen molar-refractivity contribution in [2.75, 3.05) is 18.1 Å². The third-order valence-corrected chi connectivity index (χ3v) is 4.83. The van der Waals surface area contributed by atoms with Crippen molar-refractivity contribution >= 4 is 9.84 Å². The lowest BCUT2D eigenvalue weighted by Crippen LogP contribution is -2.16. The van der Waals surface area contributed by atoms with E-state index in [4.69, 9.17) is 0 Å². The van der Waals surface area contributed by atoms with Crippen LogP contribution in [0.4, 0.5) is 0 Å². The fourth-order valence-electron chi connectivity index (χ4n) is 2.10. The lowest BCUT2D eigenvalue weighted by Gasteiger charge is -2.08. The van der Waals surface area contributed by atoms with Gasteiger partial charge in [-0.2, -0.15) is 0 Å². The van der Waals surface area contributed by atoms with Gasteiger partial charge >= 0.3 is 0 Å². The highest BCUT2D eigenvalue weighted by Crippen LogP contribution is 2.26. The van der Waals surface area contributed by atoms with E-state index in [0.717, 1.165) is 18.7 Å². The minimum absolute atomic E-state index is 0.0267. The minimum Gasteiger partial charge on any atom is -0.311 e. The Morgan fingerprint density at radius 2 is 2.33 bits per heavy atom. The summed E-state index contributed by atoms with van der Waals surface area (Å²) in [6, 6.07) is 1.87. The first-order valence-electron chi connectivity index (χ1n) is 6.33. The van der Waals surface area contributed by atoms with Gasteiger partial charge in [0.15, 0.2) is 9.84 Å². The molecule has 1 saturated heterocycles. The van der Waals surface area contributed by atoms with Gasteiger partial charge in [-0.1, -0.05) is 6.92 Å². The molecule has 6 heteroatoms. The molecule has 0 aromatic carbocycles. The van der Waals surface area contributed by atoms with Gasteiger partial charge in [-0.25, -0.2) is 18.4 Å². The van der Waals surface area contributed by atoms with Crippen LogP contribution < -0.4 is 5.32 Å². The summed E-state index contributed by atoms with van der Waals surface area (Å²) in [5.74, 6) is 1.10. The molecule has 1 aromatic rings. The molecule has 1 fully saturated rings. The van der Waals surface area contributed by atoms with Crippen molar-refractivity contribution in [3.8, 4) is 0 Å². The van der Waals surface area contributed by atoms with Gasteiger partial charge < -0.3 is 5.32 Å². The van der Waals surface area contributed by atoms with Crippen LogP contribution in [0, 0.1) is 0 Å². The van der Waals surface area contributed by atoms with Crippen molar-refractivity contribution in [3.05, 3.63) is 23.8 Å². The highest BCUT2D eigenvalue weighted by atomic mass is 32.2. The summed E-state index contributed by atoms with van der Waals surface area (Å²) in [4.78, 5) is 8.67. The summed E-state index contributed by atoms with van der Waals surface area (Å²) in [6.45, 7) is 3.78. The molecule has 0 spiro atoms. The van der Waals surface area contributed by atoms with Gasteiger partial charge in [0.2, 0.25) is 0 Å². The molecular formula is C12H19N3O2S. The SMILES string of the molecule is CCCNCc1ccnc(C2CCS(=O)(=O)C2)n1. The van der Waals surface area contributed by atoms with Gasteiger partial charge in [0.1, 0.15) is 5.82 Å². The Labute approximate surface area is 108 Å². The molecule has 2 heterocycles. The number of rotatable bonds is 5. The normalized spacial score (nSPS) is 22.2. The minimum atomic E-state index is -2.87. The van der Waals surface area contributed by atoms with Crippen molar-refractivity contribution in [1.82, 2.24) is 15.3 Å². The van der Waals surface area contributed by atoms with Crippen molar-refractivity contribution < 1.29 is 8.42 Å². The molecule has 1 atom stereocenters. The Hall–Kier alpha value is -1.01. The Kier molecular flexibility index (Phi) is 4.29. The van der Waals surface area contributed by atoms with Crippen LogP contribution in [0.1, 0.15) is 37.2 Å². The smallest absolute Gasteiger partial charge is 0.151 e. The maximum absolute atomic E-state index is 11.4. The maximum atomic E-state index is 11.4. The second-order valence-electron chi connectivity index (χ2n) is 4.68. The van der Waals surface area contributed by atoms with E-state index in [1.807, 2.05) is 6.07 Å². The molecule has 1 unspecified atom stereocenters. The average molecular weight is 269 g/mol. The van der Waals surface area contributed by atoms with Gasteiger partial charge in [-0.3, -0.25) is 0 Å². The molecule has 100 valence electrons. The molecule has 0 radical (unpaired) electrons. The topological polar surface area (TPSA) is 72.0 Å². The molecule has 0 amide bonds. The first-order valence-corrected chi connectivity index (χ1v) is 8.16. The van der Waals surface area contributed by atoms with E-state index in [0.29, 0.717) is 18.8 Å². The van der Waals surface area contributed by atoms with Crippen LogP contribution >= 0.6 is 0 Å². The highest BCUT2D eigenvalue weighted by Gasteiger charge is 2.30. The number of hydrogen-bond acceptors (Lipinski definition) is 5. The predicted octanol–water partition coefficient (Wildman–Crippen LogP) is 0.878. The summed E-state index contributed by atoms with van der Waals surface area (Å²) in [7, 11) is -2.87. The van der Waals surface area contributed by atoms with Crippen LogP contribution in [0.5, 0.6) is 0 Å². The van der Waals surface area contributed by atoms with E-state index in [1.54, 1.807) is 6.20 Å². The van der Waals surface area contributed by atoms with Gasteiger partial charge in [0, 0.05) is 18.7 Å². The van der Waals surface area contributed by atoms with Crippen molar-refractivity contribution in [2.45, 2.75) is 32.2 Å². The molecular weight excluding hydrogens is 250 g/mol. The first-order chi connectivity index (χ1) is 8.61. The fraction of sp³-hybridized carbons (Fsp3) is 0.667. The Balaban J connectivity index is 2.03. The molecule has 0 bridgehead atoms. The fourth-order valence-corrected chi connectivity index (χ4v) is 3.84. The van der Waals surface area contributed by atoms with E-state index in [1.165, 1.54) is 0 Å². The van der Waals surface area contributed by atoms with Crippen LogP contribution in [0.15, 0.2) is 12.3 Å². The second kappa shape index (κ2) is 5.75. The molecule has 1 aliphatic rings. The lowest BCUT2D eigenvalue weighted by molar-refractivity contribution is 0.600. The zero-order valence-corrected chi connectivity index (χ0v) is 11.4. The number of nitrogens with zero attached hydrogens (tertiary/aromatic N) is 2. The largest absolute Gasteiger partial charge is 0.311 e.